The van der Waals surface area contributed by atoms with E-state index < -0.39 is 5.97 Å². The molecule has 0 saturated carbocycles. The van der Waals surface area contributed by atoms with Crippen LogP contribution in [0.3, 0.4) is 0 Å². The van der Waals surface area contributed by atoms with Gasteiger partial charge < -0.3 is 10.4 Å². The summed E-state index contributed by atoms with van der Waals surface area (Å²) in [7, 11) is 0. The van der Waals surface area contributed by atoms with Gasteiger partial charge in [-0.2, -0.15) is 0 Å². The molecule has 102 valence electrons. The molecule has 0 aliphatic heterocycles. The largest absolute Gasteiger partial charge is 0.477 e. The molecule has 0 bridgehead atoms. The molecule has 0 aliphatic rings. The number of aromatic nitrogens is 1. The Hall–Kier alpha value is -2.69. The number of benzene rings is 1. The Morgan fingerprint density at radius 1 is 1.05 bits per heavy atom. The van der Waals surface area contributed by atoms with Crippen LogP contribution < -0.4 is 5.32 Å². The lowest BCUT2D eigenvalue weighted by Gasteiger charge is -2.05. The summed E-state index contributed by atoms with van der Waals surface area (Å²) in [4.78, 5) is 26.2. The number of rotatable bonds is 5. The molecule has 0 radical (unpaired) electrons. The molecule has 2 N–H and O–H groups in total. The molecular formula is C15H14N2O3. The standard InChI is InChI=1S/C15H14N2O3/c18-14(8-11-4-2-1-3-5-11)17-10-12-6-7-13(15(19)20)16-9-12/h1-7,9H,8,10H2,(H,17,18)(H,19,20). The third kappa shape index (κ3) is 3.91. The van der Waals surface area contributed by atoms with E-state index in [4.69, 9.17) is 5.11 Å². The van der Waals surface area contributed by atoms with Crippen LogP contribution in [-0.2, 0) is 17.8 Å². The van der Waals surface area contributed by atoms with Crippen LogP contribution in [0.15, 0.2) is 48.7 Å². The summed E-state index contributed by atoms with van der Waals surface area (Å²) in [5.41, 5.74) is 1.70. The molecule has 5 nitrogen and oxygen atoms in total. The Kier molecular flexibility index (Phi) is 4.44. The lowest BCUT2D eigenvalue weighted by atomic mass is 10.1. The number of nitrogens with zero attached hydrogens (tertiary/aromatic N) is 1. The number of carboxylic acids is 1. The third-order valence-electron chi connectivity index (χ3n) is 2.74. The number of pyridine rings is 1. The zero-order chi connectivity index (χ0) is 14.4. The van der Waals surface area contributed by atoms with Gasteiger partial charge in [-0.25, -0.2) is 9.78 Å². The molecule has 0 saturated heterocycles. The van der Waals surface area contributed by atoms with Crippen molar-refractivity contribution in [1.82, 2.24) is 10.3 Å². The second-order valence-corrected chi connectivity index (χ2v) is 4.30. The van der Waals surface area contributed by atoms with Crippen LogP contribution in [-0.4, -0.2) is 22.0 Å². The van der Waals surface area contributed by atoms with Crippen molar-refractivity contribution < 1.29 is 14.7 Å². The van der Waals surface area contributed by atoms with E-state index in [1.54, 1.807) is 6.07 Å². The molecule has 20 heavy (non-hydrogen) atoms. The minimum atomic E-state index is -1.07. The molecular weight excluding hydrogens is 256 g/mol. The second kappa shape index (κ2) is 6.47. The normalized spacial score (nSPS) is 10.0. The van der Waals surface area contributed by atoms with Crippen LogP contribution in [0.4, 0.5) is 0 Å². The quantitative estimate of drug-likeness (QED) is 0.865. The summed E-state index contributed by atoms with van der Waals surface area (Å²) in [5, 5.41) is 11.5. The van der Waals surface area contributed by atoms with Crippen molar-refractivity contribution in [2.24, 2.45) is 0 Å². The van der Waals surface area contributed by atoms with Gasteiger partial charge in [-0.15, -0.1) is 0 Å². The maximum Gasteiger partial charge on any atom is 0.354 e. The highest BCUT2D eigenvalue weighted by atomic mass is 16.4. The Morgan fingerprint density at radius 3 is 2.40 bits per heavy atom. The Balaban J connectivity index is 1.85. The zero-order valence-corrected chi connectivity index (χ0v) is 10.7. The molecule has 0 unspecified atom stereocenters. The first-order valence-corrected chi connectivity index (χ1v) is 6.14. The molecule has 0 spiro atoms. The van der Waals surface area contributed by atoms with E-state index in [9.17, 15) is 9.59 Å². The number of carboxylic acid groups (broad SMARTS) is 1. The molecule has 2 aromatic rings. The summed E-state index contributed by atoms with van der Waals surface area (Å²) in [6, 6.07) is 12.5. The number of amides is 1. The molecule has 1 aromatic carbocycles. The number of nitrogens with one attached hydrogen (secondary N) is 1. The first kappa shape index (κ1) is 13.7. The van der Waals surface area contributed by atoms with Crippen LogP contribution in [0, 0.1) is 0 Å². The monoisotopic (exact) mass is 270 g/mol. The maximum absolute atomic E-state index is 11.7. The van der Waals surface area contributed by atoms with Gasteiger partial charge in [-0.1, -0.05) is 36.4 Å². The fraction of sp³-hybridized carbons (Fsp3) is 0.133. The number of carbonyl (C=O) groups is 2. The predicted molar refractivity (Wildman–Crippen MR) is 73.2 cm³/mol. The van der Waals surface area contributed by atoms with Gasteiger partial charge in [0.25, 0.3) is 0 Å². The summed E-state index contributed by atoms with van der Waals surface area (Å²) in [5.74, 6) is -1.15. The molecule has 1 heterocycles. The van der Waals surface area contributed by atoms with Crippen LogP contribution in [0.1, 0.15) is 21.6 Å². The van der Waals surface area contributed by atoms with Gasteiger partial charge >= 0.3 is 5.97 Å². The Morgan fingerprint density at radius 2 is 1.80 bits per heavy atom. The van der Waals surface area contributed by atoms with Crippen LogP contribution in [0.5, 0.6) is 0 Å². The number of carbonyl (C=O) groups excluding carboxylic acids is 1. The minimum Gasteiger partial charge on any atom is -0.477 e. The number of hydrogen-bond acceptors (Lipinski definition) is 3. The molecule has 0 aliphatic carbocycles. The van der Waals surface area contributed by atoms with Gasteiger partial charge in [0.1, 0.15) is 5.69 Å². The van der Waals surface area contributed by atoms with E-state index >= 15 is 0 Å². The molecule has 0 fully saturated rings. The maximum atomic E-state index is 11.7. The zero-order valence-electron chi connectivity index (χ0n) is 10.7. The van der Waals surface area contributed by atoms with E-state index in [1.807, 2.05) is 30.3 Å². The lowest BCUT2D eigenvalue weighted by Crippen LogP contribution is -2.24. The van der Waals surface area contributed by atoms with E-state index in [0.717, 1.165) is 11.1 Å². The van der Waals surface area contributed by atoms with E-state index in [-0.39, 0.29) is 11.6 Å². The van der Waals surface area contributed by atoms with E-state index in [1.165, 1.54) is 12.3 Å². The van der Waals surface area contributed by atoms with Crippen molar-refractivity contribution in [3.05, 3.63) is 65.5 Å². The summed E-state index contributed by atoms with van der Waals surface area (Å²) >= 11 is 0. The van der Waals surface area contributed by atoms with Gasteiger partial charge in [-0.05, 0) is 17.2 Å². The molecule has 5 heteroatoms. The first-order valence-electron chi connectivity index (χ1n) is 6.14. The predicted octanol–water partition coefficient (Wildman–Crippen LogP) is 1.64. The highest BCUT2D eigenvalue weighted by Crippen LogP contribution is 2.02. The molecule has 0 atom stereocenters. The van der Waals surface area contributed by atoms with Crippen LogP contribution in [0.25, 0.3) is 0 Å². The SMILES string of the molecule is O=C(Cc1ccccc1)NCc1ccc(C(=O)O)nc1. The number of aromatic carboxylic acids is 1. The average molecular weight is 270 g/mol. The fourth-order valence-corrected chi connectivity index (χ4v) is 1.70. The van der Waals surface area contributed by atoms with Crippen molar-refractivity contribution in [3.63, 3.8) is 0 Å². The van der Waals surface area contributed by atoms with Crippen LogP contribution >= 0.6 is 0 Å². The molecule has 2 rings (SSSR count). The Bertz CT molecular complexity index is 594. The molecule has 1 aromatic heterocycles. The fourth-order valence-electron chi connectivity index (χ4n) is 1.70. The third-order valence-corrected chi connectivity index (χ3v) is 2.74. The van der Waals surface area contributed by atoms with Crippen molar-refractivity contribution in [2.45, 2.75) is 13.0 Å². The number of hydrogen-bond donors (Lipinski definition) is 2. The smallest absolute Gasteiger partial charge is 0.354 e. The van der Waals surface area contributed by atoms with E-state index in [2.05, 4.69) is 10.3 Å². The highest BCUT2D eigenvalue weighted by molar-refractivity contribution is 5.85. The topological polar surface area (TPSA) is 79.3 Å². The van der Waals surface area contributed by atoms with Crippen molar-refractivity contribution in [1.29, 1.82) is 0 Å². The minimum absolute atomic E-state index is 0.00985. The van der Waals surface area contributed by atoms with Gasteiger partial charge in [0.05, 0.1) is 6.42 Å². The summed E-state index contributed by atoms with van der Waals surface area (Å²) < 4.78 is 0. The summed E-state index contributed by atoms with van der Waals surface area (Å²) in [6.45, 7) is 0.332. The van der Waals surface area contributed by atoms with Crippen molar-refractivity contribution in [3.8, 4) is 0 Å². The van der Waals surface area contributed by atoms with Gasteiger partial charge in [0.2, 0.25) is 5.91 Å². The Labute approximate surface area is 116 Å². The highest BCUT2D eigenvalue weighted by Gasteiger charge is 2.05. The summed E-state index contributed by atoms with van der Waals surface area (Å²) in [6.07, 6.45) is 1.77. The van der Waals surface area contributed by atoms with Crippen LogP contribution in [0.2, 0.25) is 0 Å². The van der Waals surface area contributed by atoms with Crippen molar-refractivity contribution >= 4 is 11.9 Å². The van der Waals surface area contributed by atoms with Gasteiger partial charge in [0.15, 0.2) is 0 Å². The first-order chi connectivity index (χ1) is 9.65. The van der Waals surface area contributed by atoms with Gasteiger partial charge in [0, 0.05) is 12.7 Å². The molecule has 1 amide bonds. The van der Waals surface area contributed by atoms with Gasteiger partial charge in [-0.3, -0.25) is 4.79 Å². The second-order valence-electron chi connectivity index (χ2n) is 4.30. The van der Waals surface area contributed by atoms with E-state index in [0.29, 0.717) is 13.0 Å². The van der Waals surface area contributed by atoms with Crippen molar-refractivity contribution in [2.75, 3.05) is 0 Å². The lowest BCUT2D eigenvalue weighted by molar-refractivity contribution is -0.120. The average Bonchev–Trinajstić information content (AvgIpc) is 2.46.